The molecule has 0 radical (unpaired) electrons. The Morgan fingerprint density at radius 2 is 1.80 bits per heavy atom. The third-order valence-corrected chi connectivity index (χ3v) is 6.47. The van der Waals surface area contributed by atoms with Crippen molar-refractivity contribution in [1.29, 1.82) is 0 Å². The molecular weight excluding hydrogens is 460 g/mol. The maximum Gasteiger partial charge on any atom is 0.242 e. The lowest BCUT2D eigenvalue weighted by Gasteiger charge is -2.29. The van der Waals surface area contributed by atoms with E-state index < -0.39 is 6.04 Å². The first-order chi connectivity index (χ1) is 14.3. The molecule has 2 aromatic carbocycles. The number of nitrogens with one attached hydrogen (secondary N) is 1. The lowest BCUT2D eigenvalue weighted by molar-refractivity contribution is -0.138. The summed E-state index contributed by atoms with van der Waals surface area (Å²) in [6.07, 6.45) is 0.852. The molecule has 30 heavy (non-hydrogen) atoms. The van der Waals surface area contributed by atoms with Crippen LogP contribution in [0.25, 0.3) is 0 Å². The summed E-state index contributed by atoms with van der Waals surface area (Å²) < 4.78 is 0.956. The monoisotopic (exact) mass is 490 g/mol. The third-order valence-electron chi connectivity index (χ3n) is 4.99. The van der Waals surface area contributed by atoms with Crippen LogP contribution >= 0.6 is 27.7 Å². The van der Waals surface area contributed by atoms with E-state index in [1.807, 2.05) is 44.2 Å². The fourth-order valence-electron chi connectivity index (χ4n) is 3.02. The average molecular weight is 491 g/mol. The zero-order valence-corrected chi connectivity index (χ0v) is 20.6. The van der Waals surface area contributed by atoms with E-state index in [1.54, 1.807) is 23.6 Å². The minimum Gasteiger partial charge on any atom is -0.352 e. The highest BCUT2D eigenvalue weighted by atomic mass is 79.9. The van der Waals surface area contributed by atoms with E-state index in [4.69, 9.17) is 0 Å². The second-order valence-corrected chi connectivity index (χ2v) is 9.53. The zero-order valence-electron chi connectivity index (χ0n) is 18.2. The van der Waals surface area contributed by atoms with Crippen molar-refractivity contribution < 1.29 is 9.59 Å². The predicted molar refractivity (Wildman–Crippen MR) is 129 cm³/mol. The van der Waals surface area contributed by atoms with E-state index in [9.17, 15) is 9.59 Å². The number of carbonyl (C=O) groups is 2. The van der Waals surface area contributed by atoms with Crippen LogP contribution in [0, 0.1) is 6.92 Å². The number of hydrogen-bond acceptors (Lipinski definition) is 3. The Labute approximate surface area is 192 Å². The number of benzene rings is 2. The SMILES string of the molecule is CCC(C)NC(=O)C(C)N(Cc1cccc(Br)c1)C(=O)CSCc1cccc(C)c1. The van der Waals surface area contributed by atoms with Gasteiger partial charge in [-0.1, -0.05) is 64.8 Å². The van der Waals surface area contributed by atoms with Gasteiger partial charge in [-0.2, -0.15) is 0 Å². The van der Waals surface area contributed by atoms with Crippen LogP contribution in [0.3, 0.4) is 0 Å². The van der Waals surface area contributed by atoms with Gasteiger partial charge in [0.1, 0.15) is 6.04 Å². The number of rotatable bonds is 10. The number of hydrogen-bond donors (Lipinski definition) is 1. The highest BCUT2D eigenvalue weighted by Crippen LogP contribution is 2.18. The lowest BCUT2D eigenvalue weighted by atomic mass is 10.1. The van der Waals surface area contributed by atoms with Gasteiger partial charge in [-0.3, -0.25) is 9.59 Å². The van der Waals surface area contributed by atoms with E-state index in [0.29, 0.717) is 12.3 Å². The first-order valence-corrected chi connectivity index (χ1v) is 12.2. The molecule has 0 spiro atoms. The van der Waals surface area contributed by atoms with E-state index in [-0.39, 0.29) is 17.9 Å². The molecule has 0 heterocycles. The minimum absolute atomic E-state index is 0.0283. The summed E-state index contributed by atoms with van der Waals surface area (Å²) in [5.41, 5.74) is 3.41. The molecular formula is C24H31BrN2O2S. The van der Waals surface area contributed by atoms with Crippen molar-refractivity contribution in [3.63, 3.8) is 0 Å². The van der Waals surface area contributed by atoms with Crippen molar-refractivity contribution >= 4 is 39.5 Å². The number of aryl methyl sites for hydroxylation is 1. The number of halogens is 1. The second-order valence-electron chi connectivity index (χ2n) is 7.63. The summed E-state index contributed by atoms with van der Waals surface area (Å²) in [6, 6.07) is 15.7. The smallest absolute Gasteiger partial charge is 0.242 e. The Bertz CT molecular complexity index is 859. The summed E-state index contributed by atoms with van der Waals surface area (Å²) in [5.74, 6) is 0.963. The Balaban J connectivity index is 2.08. The van der Waals surface area contributed by atoms with Gasteiger partial charge in [0, 0.05) is 22.8 Å². The first-order valence-electron chi connectivity index (χ1n) is 10.3. The number of nitrogens with zero attached hydrogens (tertiary/aromatic N) is 1. The van der Waals surface area contributed by atoms with Crippen molar-refractivity contribution in [3.8, 4) is 0 Å². The number of thioether (sulfide) groups is 1. The lowest BCUT2D eigenvalue weighted by Crippen LogP contribution is -2.50. The van der Waals surface area contributed by atoms with Crippen LogP contribution in [0.2, 0.25) is 0 Å². The molecule has 2 rings (SSSR count). The van der Waals surface area contributed by atoms with E-state index in [1.165, 1.54) is 11.1 Å². The van der Waals surface area contributed by atoms with Crippen LogP contribution in [0.1, 0.15) is 43.9 Å². The molecule has 2 unspecified atom stereocenters. The molecule has 0 aliphatic rings. The quantitative estimate of drug-likeness (QED) is 0.489. The molecule has 0 aliphatic carbocycles. The fourth-order valence-corrected chi connectivity index (χ4v) is 4.33. The first kappa shape index (κ1) is 24.5. The minimum atomic E-state index is -0.537. The summed E-state index contributed by atoms with van der Waals surface area (Å²) in [6.45, 7) is 8.28. The predicted octanol–water partition coefficient (Wildman–Crippen LogP) is 5.32. The molecule has 2 atom stereocenters. The molecule has 0 aromatic heterocycles. The van der Waals surface area contributed by atoms with Gasteiger partial charge in [0.05, 0.1) is 5.75 Å². The molecule has 0 fully saturated rings. The van der Waals surface area contributed by atoms with Gasteiger partial charge in [0.25, 0.3) is 0 Å². The fraction of sp³-hybridized carbons (Fsp3) is 0.417. The summed E-state index contributed by atoms with van der Waals surface area (Å²) in [7, 11) is 0. The summed E-state index contributed by atoms with van der Waals surface area (Å²) in [5, 5.41) is 3.00. The van der Waals surface area contributed by atoms with Gasteiger partial charge in [0.15, 0.2) is 0 Å². The Kier molecular flexibility index (Phi) is 9.92. The van der Waals surface area contributed by atoms with Crippen molar-refractivity contribution in [1.82, 2.24) is 10.2 Å². The van der Waals surface area contributed by atoms with E-state index in [2.05, 4.69) is 46.4 Å². The molecule has 6 heteroatoms. The van der Waals surface area contributed by atoms with Gasteiger partial charge in [-0.05, 0) is 50.5 Å². The van der Waals surface area contributed by atoms with E-state index in [0.717, 1.165) is 22.2 Å². The Morgan fingerprint density at radius 1 is 1.10 bits per heavy atom. The van der Waals surface area contributed by atoms with Crippen LogP contribution in [0.4, 0.5) is 0 Å². The van der Waals surface area contributed by atoms with Crippen LogP contribution in [-0.2, 0) is 21.9 Å². The van der Waals surface area contributed by atoms with Gasteiger partial charge < -0.3 is 10.2 Å². The van der Waals surface area contributed by atoms with Crippen LogP contribution in [0.5, 0.6) is 0 Å². The van der Waals surface area contributed by atoms with Crippen LogP contribution in [-0.4, -0.2) is 34.6 Å². The topological polar surface area (TPSA) is 49.4 Å². The molecule has 0 saturated carbocycles. The van der Waals surface area contributed by atoms with Crippen molar-refractivity contribution in [3.05, 3.63) is 69.7 Å². The number of carbonyl (C=O) groups excluding carboxylic acids is 2. The highest BCUT2D eigenvalue weighted by molar-refractivity contribution is 9.10. The second kappa shape index (κ2) is 12.2. The normalized spacial score (nSPS) is 12.8. The molecule has 0 bridgehead atoms. The molecule has 2 amide bonds. The summed E-state index contributed by atoms with van der Waals surface area (Å²) >= 11 is 5.06. The molecule has 4 nitrogen and oxygen atoms in total. The van der Waals surface area contributed by atoms with Gasteiger partial charge in [0.2, 0.25) is 11.8 Å². The molecule has 0 saturated heterocycles. The molecule has 162 valence electrons. The Hall–Kier alpha value is -1.79. The van der Waals surface area contributed by atoms with Crippen molar-refractivity contribution in [2.45, 2.75) is 58.5 Å². The Morgan fingerprint density at radius 3 is 2.47 bits per heavy atom. The molecule has 1 N–H and O–H groups in total. The molecule has 0 aliphatic heterocycles. The number of amides is 2. The van der Waals surface area contributed by atoms with Crippen LogP contribution in [0.15, 0.2) is 53.0 Å². The van der Waals surface area contributed by atoms with Crippen molar-refractivity contribution in [2.75, 3.05) is 5.75 Å². The molecule has 2 aromatic rings. The average Bonchev–Trinajstić information content (AvgIpc) is 2.71. The van der Waals surface area contributed by atoms with Gasteiger partial charge >= 0.3 is 0 Å². The standard InChI is InChI=1S/C24H31BrN2O2S/c1-5-18(3)26-24(29)19(4)27(14-20-9-7-11-22(25)13-20)23(28)16-30-15-21-10-6-8-17(2)12-21/h6-13,18-19H,5,14-16H2,1-4H3,(H,26,29). The van der Waals surface area contributed by atoms with Gasteiger partial charge in [-0.25, -0.2) is 0 Å². The van der Waals surface area contributed by atoms with Crippen molar-refractivity contribution in [2.24, 2.45) is 0 Å². The highest BCUT2D eigenvalue weighted by Gasteiger charge is 2.26. The maximum absolute atomic E-state index is 13.1. The summed E-state index contributed by atoms with van der Waals surface area (Å²) in [4.78, 5) is 27.5. The zero-order chi connectivity index (χ0) is 22.1. The van der Waals surface area contributed by atoms with Gasteiger partial charge in [-0.15, -0.1) is 11.8 Å². The third kappa shape index (κ3) is 7.80. The largest absolute Gasteiger partial charge is 0.352 e. The van der Waals surface area contributed by atoms with E-state index >= 15 is 0 Å². The maximum atomic E-state index is 13.1. The van der Waals surface area contributed by atoms with Crippen LogP contribution < -0.4 is 5.32 Å².